The Balaban J connectivity index is 2.09. The average Bonchev–Trinajstić information content (AvgIpc) is 2.68. The lowest BCUT2D eigenvalue weighted by Crippen LogP contribution is -2.20. The lowest BCUT2D eigenvalue weighted by atomic mass is 9.98. The molecule has 1 unspecified atom stereocenters. The number of anilines is 1. The van der Waals surface area contributed by atoms with Gasteiger partial charge in [0.1, 0.15) is 0 Å². The fourth-order valence-electron chi connectivity index (χ4n) is 1.63. The van der Waals surface area contributed by atoms with E-state index in [4.69, 9.17) is 11.6 Å². The number of nitrogens with zero attached hydrogens (tertiary/aromatic N) is 2. The van der Waals surface area contributed by atoms with Crippen molar-refractivity contribution in [1.29, 1.82) is 0 Å². The topological polar surface area (TPSA) is 15.6 Å². The highest BCUT2D eigenvalue weighted by atomic mass is 35.5. The maximum atomic E-state index is 5.84. The van der Waals surface area contributed by atoms with Crippen LogP contribution in [0.1, 0.15) is 13.8 Å². The first-order valence-electron chi connectivity index (χ1n) is 5.24. The monoisotopic (exact) mass is 222 g/mol. The predicted octanol–water partition coefficient (Wildman–Crippen LogP) is 3.42. The third kappa shape index (κ3) is 2.32. The van der Waals surface area contributed by atoms with Crippen LogP contribution in [0.4, 0.5) is 5.69 Å². The molecule has 1 aliphatic rings. The molecule has 80 valence electrons. The Morgan fingerprint density at radius 2 is 2.00 bits per heavy atom. The summed E-state index contributed by atoms with van der Waals surface area (Å²) in [5.74, 6) is 1.20. The molecule has 15 heavy (non-hydrogen) atoms. The molecule has 1 aromatic rings. The second-order valence-electron chi connectivity index (χ2n) is 4.23. The molecule has 0 saturated heterocycles. The van der Waals surface area contributed by atoms with Crippen molar-refractivity contribution in [3.63, 3.8) is 0 Å². The molecule has 0 bridgehead atoms. The van der Waals surface area contributed by atoms with Gasteiger partial charge in [-0.2, -0.15) is 5.10 Å². The largest absolute Gasteiger partial charge is 0.265 e. The van der Waals surface area contributed by atoms with Gasteiger partial charge < -0.3 is 0 Å². The third-order valence-corrected chi connectivity index (χ3v) is 3.01. The van der Waals surface area contributed by atoms with Crippen LogP contribution in [-0.2, 0) is 0 Å². The van der Waals surface area contributed by atoms with E-state index in [1.807, 2.05) is 35.5 Å². The first kappa shape index (κ1) is 10.5. The Bertz CT molecular complexity index is 356. The van der Waals surface area contributed by atoms with Crippen LogP contribution in [-0.4, -0.2) is 12.8 Å². The molecule has 3 heteroatoms. The summed E-state index contributed by atoms with van der Waals surface area (Å²) in [5.41, 5.74) is 1.11. The Labute approximate surface area is 95.5 Å². The van der Waals surface area contributed by atoms with Crippen LogP contribution in [0.2, 0.25) is 5.02 Å². The lowest BCUT2D eigenvalue weighted by molar-refractivity contribution is 0.518. The molecular weight excluding hydrogens is 208 g/mol. The highest BCUT2D eigenvalue weighted by Gasteiger charge is 2.21. The maximum absolute atomic E-state index is 5.84. The van der Waals surface area contributed by atoms with Crippen molar-refractivity contribution in [3.05, 3.63) is 29.3 Å². The molecular formula is C12H15ClN2. The SMILES string of the molecule is CC(C)C1C=NN(c2ccc(Cl)cc2)C1. The molecule has 0 saturated carbocycles. The minimum absolute atomic E-state index is 0.556. The van der Waals surface area contributed by atoms with Crippen LogP contribution in [0.25, 0.3) is 0 Å². The number of benzene rings is 1. The van der Waals surface area contributed by atoms with Gasteiger partial charge in [-0.15, -0.1) is 0 Å². The van der Waals surface area contributed by atoms with E-state index in [-0.39, 0.29) is 0 Å². The first-order chi connectivity index (χ1) is 7.16. The van der Waals surface area contributed by atoms with E-state index >= 15 is 0 Å². The van der Waals surface area contributed by atoms with E-state index in [0.29, 0.717) is 11.8 Å². The van der Waals surface area contributed by atoms with Crippen molar-refractivity contribution in [2.24, 2.45) is 16.9 Å². The van der Waals surface area contributed by atoms with Crippen LogP contribution < -0.4 is 5.01 Å². The fraction of sp³-hybridized carbons (Fsp3) is 0.417. The Kier molecular flexibility index (Phi) is 2.96. The molecule has 2 rings (SSSR count). The zero-order chi connectivity index (χ0) is 10.8. The lowest BCUT2D eigenvalue weighted by Gasteiger charge is -2.17. The highest BCUT2D eigenvalue weighted by molar-refractivity contribution is 6.30. The Morgan fingerprint density at radius 3 is 2.53 bits per heavy atom. The van der Waals surface area contributed by atoms with Gasteiger partial charge in [0.15, 0.2) is 0 Å². The van der Waals surface area contributed by atoms with Gasteiger partial charge in [-0.1, -0.05) is 25.4 Å². The van der Waals surface area contributed by atoms with Gasteiger partial charge in [0.05, 0.1) is 5.69 Å². The molecule has 0 amide bonds. The zero-order valence-corrected chi connectivity index (χ0v) is 9.78. The smallest absolute Gasteiger partial charge is 0.0595 e. The van der Waals surface area contributed by atoms with Gasteiger partial charge in [-0.3, -0.25) is 5.01 Å². The first-order valence-corrected chi connectivity index (χ1v) is 5.62. The van der Waals surface area contributed by atoms with E-state index in [2.05, 4.69) is 18.9 Å². The molecule has 0 spiro atoms. The van der Waals surface area contributed by atoms with E-state index in [1.165, 1.54) is 0 Å². The normalized spacial score (nSPS) is 20.3. The third-order valence-electron chi connectivity index (χ3n) is 2.76. The van der Waals surface area contributed by atoms with Gasteiger partial charge in [0, 0.05) is 23.7 Å². The van der Waals surface area contributed by atoms with Crippen molar-refractivity contribution in [1.82, 2.24) is 0 Å². The molecule has 1 aliphatic heterocycles. The summed E-state index contributed by atoms with van der Waals surface area (Å²) >= 11 is 5.84. The molecule has 1 heterocycles. The quantitative estimate of drug-likeness (QED) is 0.749. The molecule has 0 aromatic heterocycles. The maximum Gasteiger partial charge on any atom is 0.0595 e. The number of hydrazone groups is 1. The minimum Gasteiger partial charge on any atom is -0.265 e. The average molecular weight is 223 g/mol. The van der Waals surface area contributed by atoms with Crippen molar-refractivity contribution >= 4 is 23.5 Å². The van der Waals surface area contributed by atoms with Gasteiger partial charge in [-0.05, 0) is 30.2 Å². The highest BCUT2D eigenvalue weighted by Crippen LogP contribution is 2.24. The molecule has 2 nitrogen and oxygen atoms in total. The van der Waals surface area contributed by atoms with Gasteiger partial charge in [0.2, 0.25) is 0 Å². The number of hydrogen-bond donors (Lipinski definition) is 0. The summed E-state index contributed by atoms with van der Waals surface area (Å²) in [6, 6.07) is 7.80. The zero-order valence-electron chi connectivity index (χ0n) is 9.02. The van der Waals surface area contributed by atoms with Gasteiger partial charge in [0.25, 0.3) is 0 Å². The summed E-state index contributed by atoms with van der Waals surface area (Å²) in [7, 11) is 0. The van der Waals surface area contributed by atoms with Crippen molar-refractivity contribution < 1.29 is 0 Å². The van der Waals surface area contributed by atoms with Crippen molar-refractivity contribution in [3.8, 4) is 0 Å². The van der Waals surface area contributed by atoms with Crippen molar-refractivity contribution in [2.75, 3.05) is 11.6 Å². The molecule has 1 aromatic carbocycles. The van der Waals surface area contributed by atoms with Gasteiger partial charge in [-0.25, -0.2) is 0 Å². The molecule has 1 atom stereocenters. The number of rotatable bonds is 2. The second-order valence-corrected chi connectivity index (χ2v) is 4.67. The second kappa shape index (κ2) is 4.23. The standard InChI is InChI=1S/C12H15ClN2/c1-9(2)10-7-14-15(8-10)12-5-3-11(13)4-6-12/h3-7,9-10H,8H2,1-2H3. The number of halogens is 1. The Morgan fingerprint density at radius 1 is 1.33 bits per heavy atom. The fourth-order valence-corrected chi connectivity index (χ4v) is 1.75. The van der Waals surface area contributed by atoms with Crippen LogP contribution in [0.3, 0.4) is 0 Å². The van der Waals surface area contributed by atoms with E-state index < -0.39 is 0 Å². The van der Waals surface area contributed by atoms with Crippen LogP contribution >= 0.6 is 11.6 Å². The van der Waals surface area contributed by atoms with Gasteiger partial charge >= 0.3 is 0 Å². The Hall–Kier alpha value is -1.02. The molecule has 0 N–H and O–H groups in total. The molecule has 0 fully saturated rings. The predicted molar refractivity (Wildman–Crippen MR) is 65.6 cm³/mol. The van der Waals surface area contributed by atoms with Crippen LogP contribution in [0.15, 0.2) is 29.4 Å². The van der Waals surface area contributed by atoms with E-state index in [0.717, 1.165) is 17.3 Å². The molecule has 0 aliphatic carbocycles. The minimum atomic E-state index is 0.556. The summed E-state index contributed by atoms with van der Waals surface area (Å²) in [4.78, 5) is 0. The van der Waals surface area contributed by atoms with Crippen LogP contribution in [0, 0.1) is 11.8 Å². The summed E-state index contributed by atoms with van der Waals surface area (Å²) in [5, 5.41) is 7.20. The summed E-state index contributed by atoms with van der Waals surface area (Å²) in [6.45, 7) is 5.42. The van der Waals surface area contributed by atoms with E-state index in [1.54, 1.807) is 0 Å². The molecule has 0 radical (unpaired) electrons. The summed E-state index contributed by atoms with van der Waals surface area (Å²) in [6.07, 6.45) is 2.04. The summed E-state index contributed by atoms with van der Waals surface area (Å²) < 4.78 is 0. The van der Waals surface area contributed by atoms with Crippen molar-refractivity contribution in [2.45, 2.75) is 13.8 Å². The van der Waals surface area contributed by atoms with E-state index in [9.17, 15) is 0 Å². The van der Waals surface area contributed by atoms with Crippen LogP contribution in [0.5, 0.6) is 0 Å². The number of hydrogen-bond acceptors (Lipinski definition) is 2.